The van der Waals surface area contributed by atoms with Crippen LogP contribution in [0.4, 0.5) is 0 Å². The van der Waals surface area contributed by atoms with Crippen LogP contribution < -0.4 is 0 Å². The Balaban J connectivity index is 3.78. The Kier molecular flexibility index (Phi) is 4.84. The van der Waals surface area contributed by atoms with Crippen LogP contribution in [-0.4, -0.2) is 5.71 Å². The maximum atomic E-state index is 7.56. The van der Waals surface area contributed by atoms with Gasteiger partial charge in [0.25, 0.3) is 0 Å². The molecule has 0 radical (unpaired) electrons. The van der Waals surface area contributed by atoms with Gasteiger partial charge in [0.2, 0.25) is 0 Å². The van der Waals surface area contributed by atoms with Crippen LogP contribution in [0.5, 0.6) is 0 Å². The predicted octanol–water partition coefficient (Wildman–Crippen LogP) is 3.41. The second-order valence-electron chi connectivity index (χ2n) is 3.30. The van der Waals surface area contributed by atoms with Gasteiger partial charge in [-0.15, -0.1) is 0 Å². The molecular formula is C10H19N. The molecule has 1 unspecified atom stereocenters. The average Bonchev–Trinajstić information content (AvgIpc) is 1.98. The topological polar surface area (TPSA) is 23.9 Å². The van der Waals surface area contributed by atoms with Gasteiger partial charge in [0.15, 0.2) is 0 Å². The summed E-state index contributed by atoms with van der Waals surface area (Å²) in [6.07, 6.45) is 4.11. The Morgan fingerprint density at radius 1 is 1.45 bits per heavy atom. The molecule has 11 heavy (non-hydrogen) atoms. The van der Waals surface area contributed by atoms with Crippen molar-refractivity contribution in [2.75, 3.05) is 0 Å². The molecule has 64 valence electrons. The van der Waals surface area contributed by atoms with E-state index in [0.717, 1.165) is 18.6 Å². The van der Waals surface area contributed by atoms with Gasteiger partial charge in [0, 0.05) is 5.71 Å². The summed E-state index contributed by atoms with van der Waals surface area (Å²) in [6.45, 7) is 8.36. The van der Waals surface area contributed by atoms with Gasteiger partial charge in [0.1, 0.15) is 0 Å². The van der Waals surface area contributed by atoms with Gasteiger partial charge in [0.05, 0.1) is 0 Å². The first-order valence-electron chi connectivity index (χ1n) is 4.28. The van der Waals surface area contributed by atoms with E-state index < -0.39 is 0 Å². The molecular weight excluding hydrogens is 134 g/mol. The van der Waals surface area contributed by atoms with E-state index in [1.807, 2.05) is 6.92 Å². The Bertz CT molecular complexity index is 152. The minimum atomic E-state index is 0.426. The van der Waals surface area contributed by atoms with Crippen molar-refractivity contribution in [2.45, 2.75) is 40.5 Å². The van der Waals surface area contributed by atoms with Gasteiger partial charge >= 0.3 is 0 Å². The van der Waals surface area contributed by atoms with Crippen LogP contribution in [0.2, 0.25) is 0 Å². The minimum Gasteiger partial charge on any atom is -0.309 e. The molecule has 1 heteroatoms. The average molecular weight is 153 g/mol. The van der Waals surface area contributed by atoms with Crippen LogP contribution in [-0.2, 0) is 0 Å². The first kappa shape index (κ1) is 10.4. The smallest absolute Gasteiger partial charge is 0.0118 e. The molecule has 0 saturated heterocycles. The third-order valence-electron chi connectivity index (χ3n) is 1.86. The zero-order chi connectivity index (χ0) is 8.85. The van der Waals surface area contributed by atoms with Gasteiger partial charge in [-0.25, -0.2) is 0 Å². The first-order chi connectivity index (χ1) is 5.07. The summed E-state index contributed by atoms with van der Waals surface area (Å²) < 4.78 is 0. The highest BCUT2D eigenvalue weighted by Gasteiger charge is 2.03. The van der Waals surface area contributed by atoms with Crippen LogP contribution in [0.1, 0.15) is 40.5 Å². The molecule has 0 fully saturated rings. The van der Waals surface area contributed by atoms with E-state index in [2.05, 4.69) is 26.8 Å². The fourth-order valence-corrected chi connectivity index (χ4v) is 0.903. The molecule has 0 aromatic rings. The van der Waals surface area contributed by atoms with Crippen molar-refractivity contribution < 1.29 is 0 Å². The van der Waals surface area contributed by atoms with E-state index >= 15 is 0 Å². The van der Waals surface area contributed by atoms with E-state index in [4.69, 9.17) is 5.41 Å². The fourth-order valence-electron chi connectivity index (χ4n) is 0.903. The molecule has 0 aliphatic carbocycles. The SMILES string of the molecule is CCC(=N)C(C)CC=C(C)C. The summed E-state index contributed by atoms with van der Waals surface area (Å²) in [5.41, 5.74) is 2.21. The van der Waals surface area contributed by atoms with Crippen molar-refractivity contribution in [3.05, 3.63) is 11.6 Å². The maximum absolute atomic E-state index is 7.56. The van der Waals surface area contributed by atoms with Crippen molar-refractivity contribution in [1.29, 1.82) is 5.41 Å². The molecule has 1 N–H and O–H groups in total. The predicted molar refractivity (Wildman–Crippen MR) is 51.2 cm³/mol. The molecule has 0 bridgehead atoms. The normalized spacial score (nSPS) is 12.4. The summed E-state index contributed by atoms with van der Waals surface area (Å²) in [5, 5.41) is 7.56. The minimum absolute atomic E-state index is 0.426. The number of rotatable bonds is 4. The fraction of sp³-hybridized carbons (Fsp3) is 0.700. The molecule has 0 rings (SSSR count). The lowest BCUT2D eigenvalue weighted by Gasteiger charge is -2.08. The van der Waals surface area contributed by atoms with Crippen molar-refractivity contribution in [3.63, 3.8) is 0 Å². The number of hydrogen-bond donors (Lipinski definition) is 1. The Morgan fingerprint density at radius 3 is 2.36 bits per heavy atom. The molecule has 0 aromatic carbocycles. The zero-order valence-corrected chi connectivity index (χ0v) is 8.07. The van der Waals surface area contributed by atoms with Crippen molar-refractivity contribution in [1.82, 2.24) is 0 Å². The van der Waals surface area contributed by atoms with Gasteiger partial charge in [-0.1, -0.05) is 25.5 Å². The Morgan fingerprint density at radius 2 is 2.00 bits per heavy atom. The maximum Gasteiger partial charge on any atom is 0.0118 e. The second kappa shape index (κ2) is 5.11. The molecule has 0 heterocycles. The molecule has 0 amide bonds. The summed E-state index contributed by atoms with van der Waals surface area (Å²) in [5.74, 6) is 0.426. The van der Waals surface area contributed by atoms with E-state index in [1.54, 1.807) is 0 Å². The third-order valence-corrected chi connectivity index (χ3v) is 1.86. The highest BCUT2D eigenvalue weighted by molar-refractivity contribution is 5.83. The van der Waals surface area contributed by atoms with Crippen LogP contribution in [0, 0.1) is 11.3 Å². The van der Waals surface area contributed by atoms with Gasteiger partial charge in [-0.2, -0.15) is 0 Å². The summed E-state index contributed by atoms with van der Waals surface area (Å²) in [7, 11) is 0. The molecule has 0 aliphatic heterocycles. The van der Waals surface area contributed by atoms with E-state index in [1.165, 1.54) is 5.57 Å². The number of hydrogen-bond acceptors (Lipinski definition) is 1. The number of allylic oxidation sites excluding steroid dienone is 2. The lowest BCUT2D eigenvalue weighted by atomic mass is 9.99. The Labute approximate surface area is 70.0 Å². The van der Waals surface area contributed by atoms with Crippen LogP contribution in [0.3, 0.4) is 0 Å². The zero-order valence-electron chi connectivity index (χ0n) is 8.07. The van der Waals surface area contributed by atoms with Crippen molar-refractivity contribution in [2.24, 2.45) is 5.92 Å². The Hall–Kier alpha value is -0.590. The molecule has 1 atom stereocenters. The monoisotopic (exact) mass is 153 g/mol. The van der Waals surface area contributed by atoms with Gasteiger partial charge < -0.3 is 5.41 Å². The summed E-state index contributed by atoms with van der Waals surface area (Å²) in [4.78, 5) is 0. The van der Waals surface area contributed by atoms with E-state index in [0.29, 0.717) is 5.92 Å². The van der Waals surface area contributed by atoms with Gasteiger partial charge in [-0.3, -0.25) is 0 Å². The lowest BCUT2D eigenvalue weighted by Crippen LogP contribution is -2.07. The molecule has 0 saturated carbocycles. The van der Waals surface area contributed by atoms with Crippen molar-refractivity contribution in [3.8, 4) is 0 Å². The summed E-state index contributed by atoms with van der Waals surface area (Å²) in [6, 6.07) is 0. The second-order valence-corrected chi connectivity index (χ2v) is 3.30. The highest BCUT2D eigenvalue weighted by atomic mass is 14.4. The molecule has 0 aliphatic rings. The van der Waals surface area contributed by atoms with Crippen LogP contribution >= 0.6 is 0 Å². The van der Waals surface area contributed by atoms with Crippen LogP contribution in [0.25, 0.3) is 0 Å². The van der Waals surface area contributed by atoms with Crippen molar-refractivity contribution >= 4 is 5.71 Å². The lowest BCUT2D eigenvalue weighted by molar-refractivity contribution is 0.762. The van der Waals surface area contributed by atoms with E-state index in [9.17, 15) is 0 Å². The van der Waals surface area contributed by atoms with Gasteiger partial charge in [-0.05, 0) is 32.6 Å². The molecule has 0 spiro atoms. The largest absolute Gasteiger partial charge is 0.309 e. The highest BCUT2D eigenvalue weighted by Crippen LogP contribution is 2.08. The van der Waals surface area contributed by atoms with E-state index in [-0.39, 0.29) is 0 Å². The standard InChI is InChI=1S/C10H19N/c1-5-10(11)9(4)7-6-8(2)3/h6,9,11H,5,7H2,1-4H3. The quantitative estimate of drug-likeness (QED) is 0.473. The number of nitrogens with one attached hydrogen (secondary N) is 1. The molecule has 0 aromatic heterocycles. The first-order valence-corrected chi connectivity index (χ1v) is 4.28. The summed E-state index contributed by atoms with van der Waals surface area (Å²) >= 11 is 0. The molecule has 1 nitrogen and oxygen atoms in total. The third kappa shape index (κ3) is 4.77. The van der Waals surface area contributed by atoms with Crippen LogP contribution in [0.15, 0.2) is 11.6 Å².